The summed E-state index contributed by atoms with van der Waals surface area (Å²) in [6.07, 6.45) is 0.799. The van der Waals surface area contributed by atoms with E-state index in [0.29, 0.717) is 22.4 Å². The molecule has 5 rings (SSSR count). The van der Waals surface area contributed by atoms with Gasteiger partial charge in [0.15, 0.2) is 15.7 Å². The summed E-state index contributed by atoms with van der Waals surface area (Å²) in [6, 6.07) is 8.60. The standard InChI is InChI=1S/C32H42F3N5O3S2/c1-19(2)38(6)21-12-13-24(20(16-21)18-45(42,43)22-10-8-7-9-11-22)39-15-14-25(29(39)41)40(30(33)34)28-27-23(36-31(35)37-28)17-26(44-27)32(3,4)5/h7-11,17,19-21,24-25,30H,12-16,18H2,1-6H3/t20-,21?,24?,25?/m0/s1. The van der Waals surface area contributed by atoms with Crippen LogP contribution < -0.4 is 4.90 Å². The molecule has 45 heavy (non-hydrogen) atoms. The Morgan fingerprint density at radius 3 is 2.40 bits per heavy atom. The Balaban J connectivity index is 1.47. The number of likely N-dealkylation sites (tertiary alicyclic amines) is 1. The average molecular weight is 666 g/mol. The Morgan fingerprint density at radius 1 is 1.09 bits per heavy atom. The molecule has 0 N–H and O–H groups in total. The molecule has 0 bridgehead atoms. The first-order valence-electron chi connectivity index (χ1n) is 15.4. The Labute approximate surface area is 267 Å². The fraction of sp³-hybridized carbons (Fsp3) is 0.594. The van der Waals surface area contributed by atoms with Gasteiger partial charge in [-0.2, -0.15) is 18.2 Å². The summed E-state index contributed by atoms with van der Waals surface area (Å²) in [7, 11) is -1.66. The molecule has 1 aliphatic carbocycles. The van der Waals surface area contributed by atoms with Gasteiger partial charge in [-0.15, -0.1) is 11.3 Å². The molecule has 1 saturated carbocycles. The van der Waals surface area contributed by atoms with Gasteiger partial charge in [-0.1, -0.05) is 39.0 Å². The second-order valence-corrected chi connectivity index (χ2v) is 16.6. The number of halogens is 3. The molecule has 246 valence electrons. The van der Waals surface area contributed by atoms with Crippen LogP contribution in [0.15, 0.2) is 41.3 Å². The van der Waals surface area contributed by atoms with Crippen molar-refractivity contribution >= 4 is 43.1 Å². The van der Waals surface area contributed by atoms with Crippen molar-refractivity contribution in [2.75, 3.05) is 24.2 Å². The number of thiophene rings is 1. The van der Waals surface area contributed by atoms with Crippen molar-refractivity contribution in [3.63, 3.8) is 0 Å². The maximum atomic E-state index is 14.9. The van der Waals surface area contributed by atoms with E-state index in [4.69, 9.17) is 0 Å². The van der Waals surface area contributed by atoms with Crippen molar-refractivity contribution in [3.05, 3.63) is 47.4 Å². The molecule has 2 aromatic heterocycles. The zero-order chi connectivity index (χ0) is 32.8. The molecule has 3 unspecified atom stereocenters. The van der Waals surface area contributed by atoms with Gasteiger partial charge in [0.25, 0.3) is 0 Å². The summed E-state index contributed by atoms with van der Waals surface area (Å²) < 4.78 is 71.8. The Kier molecular flexibility index (Phi) is 9.55. The number of carbonyl (C=O) groups is 1. The average Bonchev–Trinajstić information content (AvgIpc) is 3.57. The molecule has 1 saturated heterocycles. The lowest BCUT2D eigenvalue weighted by atomic mass is 9.81. The van der Waals surface area contributed by atoms with Crippen LogP contribution in [-0.2, 0) is 20.0 Å². The minimum absolute atomic E-state index is 0.0811. The maximum Gasteiger partial charge on any atom is 0.317 e. The van der Waals surface area contributed by atoms with Crippen molar-refractivity contribution in [1.29, 1.82) is 0 Å². The summed E-state index contributed by atoms with van der Waals surface area (Å²) in [4.78, 5) is 27.2. The molecule has 4 atom stereocenters. The van der Waals surface area contributed by atoms with Gasteiger partial charge in [-0.05, 0) is 76.1 Å². The van der Waals surface area contributed by atoms with Crippen molar-refractivity contribution < 1.29 is 26.4 Å². The van der Waals surface area contributed by atoms with Crippen LogP contribution in [0.3, 0.4) is 0 Å². The summed E-state index contributed by atoms with van der Waals surface area (Å²) in [6.45, 7) is 7.13. The first-order chi connectivity index (χ1) is 21.1. The normalized spacial score (nSPS) is 23.2. The molecule has 8 nitrogen and oxygen atoms in total. The van der Waals surface area contributed by atoms with Gasteiger partial charge in [-0.3, -0.25) is 9.69 Å². The van der Waals surface area contributed by atoms with Gasteiger partial charge in [0.1, 0.15) is 6.04 Å². The lowest BCUT2D eigenvalue weighted by molar-refractivity contribution is -0.133. The number of aromatic nitrogens is 2. The minimum atomic E-state index is -3.68. The summed E-state index contributed by atoms with van der Waals surface area (Å²) >= 11 is 1.22. The van der Waals surface area contributed by atoms with Gasteiger partial charge >= 0.3 is 12.6 Å². The lowest BCUT2D eigenvalue weighted by Crippen LogP contribution is -2.53. The number of hydrogen-bond acceptors (Lipinski definition) is 8. The quantitative estimate of drug-likeness (QED) is 0.202. The summed E-state index contributed by atoms with van der Waals surface area (Å²) in [5.74, 6) is -1.36. The molecule has 13 heteroatoms. The number of carbonyl (C=O) groups excluding carboxylic acids is 1. The van der Waals surface area contributed by atoms with Crippen LogP contribution in [0.4, 0.5) is 19.0 Å². The monoisotopic (exact) mass is 665 g/mol. The van der Waals surface area contributed by atoms with E-state index in [1.165, 1.54) is 11.3 Å². The van der Waals surface area contributed by atoms with E-state index in [2.05, 4.69) is 28.7 Å². The number of rotatable bonds is 9. The number of anilines is 1. The number of hydrogen-bond donors (Lipinski definition) is 0. The van der Waals surface area contributed by atoms with Crippen molar-refractivity contribution in [2.45, 2.75) is 101 Å². The molecule has 0 spiro atoms. The van der Waals surface area contributed by atoms with Crippen LogP contribution in [0.2, 0.25) is 0 Å². The predicted molar refractivity (Wildman–Crippen MR) is 171 cm³/mol. The third-order valence-electron chi connectivity index (χ3n) is 9.31. The van der Waals surface area contributed by atoms with Crippen molar-refractivity contribution in [1.82, 2.24) is 19.8 Å². The van der Waals surface area contributed by atoms with Crippen LogP contribution in [0, 0.1) is 12.0 Å². The third-order valence-corrected chi connectivity index (χ3v) is 12.7. The Bertz CT molecular complexity index is 1630. The highest BCUT2D eigenvalue weighted by Gasteiger charge is 2.47. The van der Waals surface area contributed by atoms with E-state index in [1.54, 1.807) is 41.3 Å². The lowest BCUT2D eigenvalue weighted by Gasteiger charge is -2.44. The van der Waals surface area contributed by atoms with E-state index in [0.717, 1.165) is 11.3 Å². The van der Waals surface area contributed by atoms with E-state index >= 15 is 0 Å². The molecule has 1 amide bonds. The number of amides is 1. The SMILES string of the molecule is CC(C)N(C)C1CCC(N2CCC(N(c3nc(F)nc4cc(C(C)(C)C)sc34)C(F)F)C2=O)[C@H](CS(=O)(=O)c2ccccc2)C1. The molecular formula is C32H42F3N5O3S2. The number of fused-ring (bicyclic) bond motifs is 1. The van der Waals surface area contributed by atoms with E-state index in [-0.39, 0.29) is 52.4 Å². The minimum Gasteiger partial charge on any atom is -0.338 e. The smallest absolute Gasteiger partial charge is 0.317 e. The van der Waals surface area contributed by atoms with Gasteiger partial charge in [0, 0.05) is 29.5 Å². The summed E-state index contributed by atoms with van der Waals surface area (Å²) in [5, 5.41) is 0. The van der Waals surface area contributed by atoms with Crippen molar-refractivity contribution in [2.24, 2.45) is 5.92 Å². The highest BCUT2D eigenvalue weighted by molar-refractivity contribution is 7.91. The third kappa shape index (κ3) is 6.85. The van der Waals surface area contributed by atoms with Gasteiger partial charge in [-0.25, -0.2) is 13.4 Å². The Morgan fingerprint density at radius 2 is 1.78 bits per heavy atom. The van der Waals surface area contributed by atoms with Crippen LogP contribution in [0.25, 0.3) is 10.2 Å². The van der Waals surface area contributed by atoms with Gasteiger partial charge < -0.3 is 9.80 Å². The zero-order valence-electron chi connectivity index (χ0n) is 26.6. The first kappa shape index (κ1) is 33.6. The van der Waals surface area contributed by atoms with Crippen molar-refractivity contribution in [3.8, 4) is 0 Å². The van der Waals surface area contributed by atoms with Gasteiger partial charge in [0.2, 0.25) is 5.91 Å². The van der Waals surface area contributed by atoms with Gasteiger partial charge in [0.05, 0.1) is 20.9 Å². The first-order valence-corrected chi connectivity index (χ1v) is 17.9. The molecular weight excluding hydrogens is 624 g/mol. The van der Waals surface area contributed by atoms with E-state index in [9.17, 15) is 26.4 Å². The predicted octanol–water partition coefficient (Wildman–Crippen LogP) is 6.11. The van der Waals surface area contributed by atoms with Crippen LogP contribution in [0.1, 0.15) is 65.2 Å². The highest BCUT2D eigenvalue weighted by Crippen LogP contribution is 2.41. The highest BCUT2D eigenvalue weighted by atomic mass is 32.2. The molecule has 1 aromatic carbocycles. The Hall–Kier alpha value is -2.77. The topological polar surface area (TPSA) is 86.7 Å². The van der Waals surface area contributed by atoms with Crippen LogP contribution >= 0.6 is 11.3 Å². The molecule has 2 aliphatic rings. The number of nitrogens with zero attached hydrogens (tertiary/aromatic N) is 5. The fourth-order valence-electron chi connectivity index (χ4n) is 6.69. The van der Waals surface area contributed by atoms with E-state index < -0.39 is 46.4 Å². The molecule has 1 aliphatic heterocycles. The summed E-state index contributed by atoms with van der Waals surface area (Å²) in [5.41, 5.74) is -0.106. The van der Waals surface area contributed by atoms with Crippen LogP contribution in [-0.4, -0.2) is 84.2 Å². The molecule has 2 fully saturated rings. The number of sulfone groups is 1. The molecule has 0 radical (unpaired) electrons. The number of alkyl halides is 2. The largest absolute Gasteiger partial charge is 0.338 e. The van der Waals surface area contributed by atoms with E-state index in [1.807, 2.05) is 27.8 Å². The zero-order valence-corrected chi connectivity index (χ0v) is 28.2. The molecule has 3 heterocycles. The van der Waals surface area contributed by atoms with Crippen LogP contribution in [0.5, 0.6) is 0 Å². The fourth-order valence-corrected chi connectivity index (χ4v) is 9.53. The second kappa shape index (κ2) is 12.8. The molecule has 3 aromatic rings. The maximum absolute atomic E-state index is 14.9. The number of benzene rings is 1. The second-order valence-electron chi connectivity index (χ2n) is 13.6.